The summed E-state index contributed by atoms with van der Waals surface area (Å²) in [5, 5.41) is 17.4. The van der Waals surface area contributed by atoms with Gasteiger partial charge >= 0.3 is 18.1 Å². The number of carboxylic acids is 2. The Bertz CT molecular complexity index is 1120. The molecule has 0 rings (SSSR count). The Hall–Kier alpha value is -2.39. The summed E-state index contributed by atoms with van der Waals surface area (Å²) in [6.07, 6.45) is 60.9. The molecule has 0 radical (unpaired) electrons. The second-order valence-electron chi connectivity index (χ2n) is 21.1. The second-order valence-corrected chi connectivity index (χ2v) is 21.1. The smallest absolute Gasteiger partial charge is 0.481 e. The van der Waals surface area contributed by atoms with Crippen molar-refractivity contribution in [3.8, 4) is 0 Å². The number of ether oxygens (including phenoxy) is 2. The van der Waals surface area contributed by atoms with Gasteiger partial charge in [-0.1, -0.05) is 212 Å². The van der Waals surface area contributed by atoms with Crippen molar-refractivity contribution in [3.05, 3.63) is 24.3 Å². The zero-order valence-electron chi connectivity index (χ0n) is 47.3. The van der Waals surface area contributed by atoms with E-state index in [9.17, 15) is 14.4 Å². The summed E-state index contributed by atoms with van der Waals surface area (Å²) in [4.78, 5) is 39.0. The van der Waals surface area contributed by atoms with Crippen molar-refractivity contribution in [2.75, 3.05) is 45.9 Å². The van der Waals surface area contributed by atoms with E-state index in [1.165, 1.54) is 193 Å². The molecular formula is C62H118N2O7. The Morgan fingerprint density at radius 2 is 0.676 bits per heavy atom. The molecule has 9 heteroatoms. The highest BCUT2D eigenvalue weighted by Gasteiger charge is 2.16. The van der Waals surface area contributed by atoms with E-state index in [0.29, 0.717) is 19.4 Å². The van der Waals surface area contributed by atoms with Gasteiger partial charge in [0.1, 0.15) is 12.7 Å². The Morgan fingerprint density at radius 3 is 0.986 bits per heavy atom. The highest BCUT2D eigenvalue weighted by atomic mass is 16.7. The lowest BCUT2D eigenvalue weighted by molar-refractivity contribution is -0.138. The SMILES string of the molecule is CCCN(CCC)CCN(CC)CCOC(=O)OC(CCCCCCCCCCCCCC/C=C\CCCCCCCC(=O)O)CCCCCCCCCCCCCC/C=C\CCCCCCCC(=O)O. The average molecular weight is 1000 g/mol. The molecule has 0 aromatic heterocycles. The number of hydrogen-bond acceptors (Lipinski definition) is 7. The number of likely N-dealkylation sites (N-methyl/N-ethyl adjacent to an activating group) is 1. The van der Waals surface area contributed by atoms with Gasteiger partial charge in [0.05, 0.1) is 0 Å². The number of hydrogen-bond donors (Lipinski definition) is 2. The Labute approximate surface area is 439 Å². The number of allylic oxidation sites excluding steroid dienone is 4. The Kier molecular flexibility index (Phi) is 55.0. The first-order valence-corrected chi connectivity index (χ1v) is 30.8. The minimum Gasteiger partial charge on any atom is -0.481 e. The van der Waals surface area contributed by atoms with Crippen molar-refractivity contribution in [2.45, 2.75) is 309 Å². The van der Waals surface area contributed by atoms with Gasteiger partial charge in [0.2, 0.25) is 0 Å². The number of carboxylic acid groups (broad SMARTS) is 2. The molecule has 0 fully saturated rings. The molecule has 0 aliphatic carbocycles. The molecule has 9 nitrogen and oxygen atoms in total. The first kappa shape index (κ1) is 68.6. The molecule has 71 heavy (non-hydrogen) atoms. The van der Waals surface area contributed by atoms with Crippen LogP contribution in [-0.4, -0.2) is 90.1 Å². The van der Waals surface area contributed by atoms with E-state index in [0.717, 1.165) is 116 Å². The van der Waals surface area contributed by atoms with Gasteiger partial charge in [-0.15, -0.1) is 0 Å². The van der Waals surface area contributed by atoms with Crippen LogP contribution in [0.1, 0.15) is 303 Å². The minimum atomic E-state index is -0.673. The Balaban J connectivity index is 4.22. The van der Waals surface area contributed by atoms with Crippen molar-refractivity contribution in [2.24, 2.45) is 0 Å². The fraction of sp³-hybridized carbons (Fsp3) is 0.887. The van der Waals surface area contributed by atoms with Gasteiger partial charge in [-0.2, -0.15) is 0 Å². The maximum absolute atomic E-state index is 12.9. The van der Waals surface area contributed by atoms with Crippen LogP contribution in [0.3, 0.4) is 0 Å². The van der Waals surface area contributed by atoms with Gasteiger partial charge in [0.15, 0.2) is 0 Å². The number of carbonyl (C=O) groups is 3. The van der Waals surface area contributed by atoms with Crippen LogP contribution >= 0.6 is 0 Å². The average Bonchev–Trinajstić information content (AvgIpc) is 3.35. The summed E-state index contributed by atoms with van der Waals surface area (Å²) in [5.74, 6) is -1.35. The van der Waals surface area contributed by atoms with Crippen LogP contribution in [0.15, 0.2) is 24.3 Å². The zero-order valence-corrected chi connectivity index (χ0v) is 47.3. The van der Waals surface area contributed by atoms with Gasteiger partial charge in [0.25, 0.3) is 0 Å². The van der Waals surface area contributed by atoms with Gasteiger partial charge in [-0.05, 0) is 122 Å². The molecule has 0 bridgehead atoms. The summed E-state index contributed by atoms with van der Waals surface area (Å²) >= 11 is 0. The molecule has 0 aliphatic heterocycles. The lowest BCUT2D eigenvalue weighted by Crippen LogP contribution is -2.37. The molecule has 0 heterocycles. The summed E-state index contributed by atoms with van der Waals surface area (Å²) in [5.41, 5.74) is 0. The van der Waals surface area contributed by atoms with Crippen molar-refractivity contribution in [1.29, 1.82) is 0 Å². The third-order valence-electron chi connectivity index (χ3n) is 14.3. The number of rotatable bonds is 58. The second kappa shape index (κ2) is 56.9. The first-order valence-electron chi connectivity index (χ1n) is 30.8. The predicted molar refractivity (Wildman–Crippen MR) is 303 cm³/mol. The van der Waals surface area contributed by atoms with E-state index >= 15 is 0 Å². The standard InChI is InChI=1S/C62H118N2O7/c1-4-53-64(54-5-2)56-55-63(6-3)57-58-70-62(69)71-59(49-45-41-37-33-29-25-21-17-13-9-7-11-15-19-23-27-31-35-39-43-47-51-60(65)66)50-46-42-38-34-30-26-22-18-14-10-8-12-16-20-24-28-32-36-40-44-48-52-61(67)68/h19-20,23-24,59H,4-18,21-22,25-58H2,1-3H3,(H,65,66)(H,67,68)/b23-19-,24-20-. The van der Waals surface area contributed by atoms with Crippen LogP contribution in [0, 0.1) is 0 Å². The molecule has 0 atom stereocenters. The first-order chi connectivity index (χ1) is 34.8. The number of unbranched alkanes of at least 4 members (excludes halogenated alkanes) is 34. The number of carbonyl (C=O) groups excluding carboxylic acids is 1. The number of nitrogens with zero attached hydrogens (tertiary/aromatic N) is 2. The third-order valence-corrected chi connectivity index (χ3v) is 14.3. The van der Waals surface area contributed by atoms with E-state index in [-0.39, 0.29) is 6.10 Å². The molecule has 418 valence electrons. The quantitative estimate of drug-likeness (QED) is 0.0349. The molecule has 0 aliphatic rings. The van der Waals surface area contributed by atoms with E-state index in [4.69, 9.17) is 19.7 Å². The summed E-state index contributed by atoms with van der Waals surface area (Å²) in [6, 6.07) is 0. The highest BCUT2D eigenvalue weighted by Crippen LogP contribution is 2.20. The summed E-state index contributed by atoms with van der Waals surface area (Å²) in [7, 11) is 0. The van der Waals surface area contributed by atoms with E-state index < -0.39 is 18.1 Å². The van der Waals surface area contributed by atoms with Gasteiger partial charge in [0, 0.05) is 32.5 Å². The van der Waals surface area contributed by atoms with Crippen molar-refractivity contribution in [1.82, 2.24) is 9.80 Å². The van der Waals surface area contributed by atoms with Crippen LogP contribution in [0.4, 0.5) is 4.79 Å². The van der Waals surface area contributed by atoms with E-state index in [1.807, 2.05) is 0 Å². The fourth-order valence-corrected chi connectivity index (χ4v) is 9.78. The van der Waals surface area contributed by atoms with Crippen LogP contribution in [0.25, 0.3) is 0 Å². The maximum Gasteiger partial charge on any atom is 0.508 e. The van der Waals surface area contributed by atoms with Gasteiger partial charge in [-0.3, -0.25) is 14.5 Å². The normalized spacial score (nSPS) is 11.9. The fourth-order valence-electron chi connectivity index (χ4n) is 9.78. The topological polar surface area (TPSA) is 117 Å². The lowest BCUT2D eigenvalue weighted by Gasteiger charge is -2.26. The largest absolute Gasteiger partial charge is 0.508 e. The highest BCUT2D eigenvalue weighted by molar-refractivity contribution is 5.66. The van der Waals surface area contributed by atoms with Gasteiger partial charge in [-0.25, -0.2) is 4.79 Å². The maximum atomic E-state index is 12.9. The minimum absolute atomic E-state index is 0.0354. The van der Waals surface area contributed by atoms with Crippen LogP contribution in [0.5, 0.6) is 0 Å². The molecule has 0 amide bonds. The Morgan fingerprint density at radius 1 is 0.380 bits per heavy atom. The summed E-state index contributed by atoms with van der Waals surface area (Å²) < 4.78 is 11.7. The number of aliphatic carboxylic acids is 2. The van der Waals surface area contributed by atoms with Gasteiger partial charge < -0.3 is 24.6 Å². The molecule has 0 unspecified atom stereocenters. The van der Waals surface area contributed by atoms with Crippen molar-refractivity contribution < 1.29 is 34.1 Å². The molecule has 0 spiro atoms. The molecule has 0 saturated heterocycles. The van der Waals surface area contributed by atoms with Crippen LogP contribution in [0.2, 0.25) is 0 Å². The molecule has 0 aromatic carbocycles. The monoisotopic (exact) mass is 1000 g/mol. The van der Waals surface area contributed by atoms with Crippen LogP contribution in [-0.2, 0) is 19.1 Å². The van der Waals surface area contributed by atoms with Crippen LogP contribution < -0.4 is 0 Å². The molecular weight excluding hydrogens is 885 g/mol. The van der Waals surface area contributed by atoms with Crippen molar-refractivity contribution >= 4 is 18.1 Å². The third kappa shape index (κ3) is 55.2. The summed E-state index contributed by atoms with van der Waals surface area (Å²) in [6.45, 7) is 13.1. The lowest BCUT2D eigenvalue weighted by atomic mass is 10.0. The van der Waals surface area contributed by atoms with Crippen molar-refractivity contribution in [3.63, 3.8) is 0 Å². The van der Waals surface area contributed by atoms with E-state index in [2.05, 4.69) is 54.9 Å². The predicted octanol–water partition coefficient (Wildman–Crippen LogP) is 18.6. The zero-order chi connectivity index (χ0) is 51.8. The molecule has 0 saturated carbocycles. The molecule has 2 N–H and O–H groups in total. The molecule has 0 aromatic rings. The van der Waals surface area contributed by atoms with E-state index in [1.54, 1.807) is 0 Å².